The van der Waals surface area contributed by atoms with E-state index in [1.807, 2.05) is 12.1 Å². The molecule has 0 aliphatic rings. The Balaban J connectivity index is 2.49. The highest BCUT2D eigenvalue weighted by atomic mass is 32.1. The summed E-state index contributed by atoms with van der Waals surface area (Å²) in [6, 6.07) is 5.49. The Hall–Kier alpha value is -1.42. The van der Waals surface area contributed by atoms with Crippen molar-refractivity contribution in [3.63, 3.8) is 0 Å². The quantitative estimate of drug-likeness (QED) is 0.682. The molecule has 0 aliphatic heterocycles. The first-order valence-corrected chi connectivity index (χ1v) is 3.85. The Morgan fingerprint density at radius 2 is 2.25 bits per heavy atom. The van der Waals surface area contributed by atoms with Gasteiger partial charge in [-0.25, -0.2) is 0 Å². The van der Waals surface area contributed by atoms with E-state index in [1.165, 1.54) is 0 Å². The molecule has 2 aromatic rings. The number of furan rings is 1. The molecular weight excluding hydrogens is 172 g/mol. The highest BCUT2D eigenvalue weighted by molar-refractivity contribution is 7.71. The van der Waals surface area contributed by atoms with Gasteiger partial charge in [0.2, 0.25) is 0 Å². The average Bonchev–Trinajstić information content (AvgIpc) is 2.58. The Kier molecular flexibility index (Phi) is 1.75. The van der Waals surface area contributed by atoms with Crippen molar-refractivity contribution >= 4 is 12.2 Å². The first-order valence-electron chi connectivity index (χ1n) is 3.44. The summed E-state index contributed by atoms with van der Waals surface area (Å²) in [5.41, 5.74) is 1.78. The van der Waals surface area contributed by atoms with E-state index in [0.29, 0.717) is 4.64 Å². The molecule has 0 saturated heterocycles. The fourth-order valence-corrected chi connectivity index (χ4v) is 1.03. The van der Waals surface area contributed by atoms with E-state index in [0.717, 1.165) is 11.3 Å². The summed E-state index contributed by atoms with van der Waals surface area (Å²) in [5, 5.41) is 6.74. The highest BCUT2D eigenvalue weighted by Gasteiger charge is 1.98. The first kappa shape index (κ1) is 7.24. The molecule has 2 aromatic heterocycles. The molecule has 0 aromatic carbocycles. The van der Waals surface area contributed by atoms with Gasteiger partial charge in [0.1, 0.15) is 4.64 Å². The van der Waals surface area contributed by atoms with Gasteiger partial charge in [-0.3, -0.25) is 5.10 Å². The van der Waals surface area contributed by atoms with Gasteiger partial charge >= 0.3 is 0 Å². The summed E-state index contributed by atoms with van der Waals surface area (Å²) in [5.74, 6) is 0. The van der Waals surface area contributed by atoms with Gasteiger partial charge in [-0.1, -0.05) is 12.2 Å². The molecule has 2 heterocycles. The van der Waals surface area contributed by atoms with Crippen LogP contribution in [0.5, 0.6) is 0 Å². The van der Waals surface area contributed by atoms with Crippen LogP contribution in [0.1, 0.15) is 0 Å². The zero-order chi connectivity index (χ0) is 8.39. The first-order chi connectivity index (χ1) is 5.86. The molecular formula is C8H6N2OS. The van der Waals surface area contributed by atoms with E-state index >= 15 is 0 Å². The minimum atomic E-state index is 0.627. The fraction of sp³-hybridized carbons (Fsp3) is 0. The second-order valence-corrected chi connectivity index (χ2v) is 2.76. The number of hydrogen-bond donors (Lipinski definition) is 1. The molecule has 3 nitrogen and oxygen atoms in total. The van der Waals surface area contributed by atoms with Gasteiger partial charge in [-0.05, 0) is 18.2 Å². The molecule has 0 atom stereocenters. The van der Waals surface area contributed by atoms with Crippen LogP contribution in [0.15, 0.2) is 35.1 Å². The average molecular weight is 178 g/mol. The van der Waals surface area contributed by atoms with Crippen LogP contribution in [0.2, 0.25) is 0 Å². The minimum absolute atomic E-state index is 0.627. The number of hydrogen-bond acceptors (Lipinski definition) is 3. The van der Waals surface area contributed by atoms with Crippen LogP contribution < -0.4 is 0 Å². The van der Waals surface area contributed by atoms with Crippen molar-refractivity contribution in [1.29, 1.82) is 0 Å². The van der Waals surface area contributed by atoms with Crippen LogP contribution in [0, 0.1) is 4.64 Å². The largest absolute Gasteiger partial charge is 0.472 e. The molecule has 0 fully saturated rings. The summed E-state index contributed by atoms with van der Waals surface area (Å²) >= 11 is 4.86. The van der Waals surface area contributed by atoms with E-state index in [-0.39, 0.29) is 0 Å². The molecule has 0 bridgehead atoms. The molecule has 0 aliphatic carbocycles. The number of aromatic nitrogens is 2. The fourth-order valence-electron chi connectivity index (χ4n) is 0.915. The lowest BCUT2D eigenvalue weighted by Gasteiger charge is -1.92. The van der Waals surface area contributed by atoms with Gasteiger partial charge in [0, 0.05) is 5.56 Å². The van der Waals surface area contributed by atoms with Crippen molar-refractivity contribution in [2.75, 3.05) is 0 Å². The number of rotatable bonds is 1. The second-order valence-electron chi connectivity index (χ2n) is 2.32. The molecule has 0 spiro atoms. The summed E-state index contributed by atoms with van der Waals surface area (Å²) in [4.78, 5) is 0. The normalized spacial score (nSPS) is 10.0. The highest BCUT2D eigenvalue weighted by Crippen LogP contribution is 2.14. The van der Waals surface area contributed by atoms with Gasteiger partial charge < -0.3 is 4.42 Å². The Bertz CT molecular complexity index is 398. The van der Waals surface area contributed by atoms with Crippen LogP contribution in [-0.2, 0) is 0 Å². The summed E-state index contributed by atoms with van der Waals surface area (Å²) in [7, 11) is 0. The van der Waals surface area contributed by atoms with Crippen LogP contribution in [0.25, 0.3) is 11.3 Å². The molecule has 60 valence electrons. The molecule has 4 heteroatoms. The van der Waals surface area contributed by atoms with Crippen molar-refractivity contribution in [1.82, 2.24) is 10.2 Å². The zero-order valence-electron chi connectivity index (χ0n) is 6.15. The number of nitrogens with zero attached hydrogens (tertiary/aromatic N) is 1. The molecule has 0 amide bonds. The topological polar surface area (TPSA) is 41.8 Å². The smallest absolute Gasteiger partial charge is 0.119 e. The second kappa shape index (κ2) is 2.91. The maximum atomic E-state index is 4.92. The molecule has 1 N–H and O–H groups in total. The van der Waals surface area contributed by atoms with Crippen molar-refractivity contribution in [3.05, 3.63) is 35.4 Å². The van der Waals surface area contributed by atoms with Gasteiger partial charge in [0.25, 0.3) is 0 Å². The number of H-pyrrole nitrogens is 1. The molecule has 0 unspecified atom stereocenters. The Labute approximate surface area is 74.0 Å². The molecule has 2 rings (SSSR count). The lowest BCUT2D eigenvalue weighted by atomic mass is 10.2. The van der Waals surface area contributed by atoms with Gasteiger partial charge in [0.05, 0.1) is 18.2 Å². The van der Waals surface area contributed by atoms with E-state index in [2.05, 4.69) is 10.2 Å². The SMILES string of the molecule is S=c1ccc(-c2ccoc2)n[nH]1. The van der Waals surface area contributed by atoms with Crippen molar-refractivity contribution < 1.29 is 4.42 Å². The summed E-state index contributed by atoms with van der Waals surface area (Å²) < 4.78 is 5.55. The Morgan fingerprint density at radius 1 is 1.33 bits per heavy atom. The summed E-state index contributed by atoms with van der Waals surface area (Å²) in [6.07, 6.45) is 3.25. The maximum Gasteiger partial charge on any atom is 0.119 e. The van der Waals surface area contributed by atoms with Crippen LogP contribution in [0.3, 0.4) is 0 Å². The molecule has 0 radical (unpaired) electrons. The van der Waals surface area contributed by atoms with E-state index in [9.17, 15) is 0 Å². The number of nitrogens with one attached hydrogen (secondary N) is 1. The maximum absolute atomic E-state index is 4.92. The van der Waals surface area contributed by atoms with Crippen molar-refractivity contribution in [2.45, 2.75) is 0 Å². The standard InChI is InChI=1S/C8H6N2OS/c12-8-2-1-7(9-10-8)6-3-4-11-5-6/h1-5H,(H,10,12). The monoisotopic (exact) mass is 178 g/mol. The zero-order valence-corrected chi connectivity index (χ0v) is 6.97. The van der Waals surface area contributed by atoms with E-state index in [1.54, 1.807) is 18.6 Å². The minimum Gasteiger partial charge on any atom is -0.472 e. The lowest BCUT2D eigenvalue weighted by molar-refractivity contribution is 0.568. The van der Waals surface area contributed by atoms with Crippen LogP contribution >= 0.6 is 12.2 Å². The van der Waals surface area contributed by atoms with Crippen LogP contribution in [-0.4, -0.2) is 10.2 Å². The third kappa shape index (κ3) is 1.29. The van der Waals surface area contributed by atoms with Crippen molar-refractivity contribution in [3.8, 4) is 11.3 Å². The Morgan fingerprint density at radius 3 is 2.83 bits per heavy atom. The predicted octanol–water partition coefficient (Wildman–Crippen LogP) is 2.40. The van der Waals surface area contributed by atoms with E-state index in [4.69, 9.17) is 16.6 Å². The third-order valence-corrected chi connectivity index (χ3v) is 1.72. The van der Waals surface area contributed by atoms with Crippen molar-refractivity contribution in [2.24, 2.45) is 0 Å². The molecule has 12 heavy (non-hydrogen) atoms. The van der Waals surface area contributed by atoms with Gasteiger partial charge in [-0.2, -0.15) is 5.10 Å². The molecule has 0 saturated carbocycles. The summed E-state index contributed by atoms with van der Waals surface area (Å²) in [6.45, 7) is 0. The van der Waals surface area contributed by atoms with Crippen LogP contribution in [0.4, 0.5) is 0 Å². The lowest BCUT2D eigenvalue weighted by Crippen LogP contribution is -1.84. The predicted molar refractivity (Wildman–Crippen MR) is 47.1 cm³/mol. The van der Waals surface area contributed by atoms with E-state index < -0.39 is 0 Å². The van der Waals surface area contributed by atoms with Gasteiger partial charge in [-0.15, -0.1) is 0 Å². The third-order valence-electron chi connectivity index (χ3n) is 1.50. The number of aromatic amines is 1. The van der Waals surface area contributed by atoms with Gasteiger partial charge in [0.15, 0.2) is 0 Å².